The Morgan fingerprint density at radius 3 is 0.894 bits per heavy atom. The minimum Gasteiger partial charge on any atom is -0.462 e. The van der Waals surface area contributed by atoms with Crippen molar-refractivity contribution in [2.75, 3.05) is 39.6 Å². The highest BCUT2D eigenvalue weighted by Crippen LogP contribution is 2.45. The molecule has 85 heavy (non-hydrogen) atoms. The van der Waals surface area contributed by atoms with Crippen molar-refractivity contribution >= 4 is 39.5 Å². The lowest BCUT2D eigenvalue weighted by molar-refractivity contribution is -0.161. The van der Waals surface area contributed by atoms with Gasteiger partial charge in [0, 0.05) is 25.7 Å². The van der Waals surface area contributed by atoms with Gasteiger partial charge in [-0.15, -0.1) is 0 Å². The van der Waals surface area contributed by atoms with Crippen molar-refractivity contribution < 1.29 is 80.2 Å². The van der Waals surface area contributed by atoms with Crippen LogP contribution in [-0.2, 0) is 65.4 Å². The fraction of sp³-hybridized carbons (Fsp3) is 0.939. The lowest BCUT2D eigenvalue weighted by atomic mass is 9.99. The van der Waals surface area contributed by atoms with Crippen LogP contribution in [0.25, 0.3) is 0 Å². The van der Waals surface area contributed by atoms with Gasteiger partial charge in [0.1, 0.15) is 19.3 Å². The number of carbonyl (C=O) groups excluding carboxylic acids is 4. The number of rotatable bonds is 65. The maximum atomic E-state index is 13.0. The first-order valence-corrected chi connectivity index (χ1v) is 37.5. The molecule has 6 atom stereocenters. The SMILES string of the molecule is CCCCCCCCCCCC(=O)O[C@H](COC(=O)CCCCCCCCC)COP(=O)(O)OC[C@H](O)COP(=O)(O)OC[C@@H](COC(=O)CCCCCCCCCCC(C)C)OC(=O)CCCCCCCCCCCCCCCCC(C)CC. The summed E-state index contributed by atoms with van der Waals surface area (Å²) in [5.41, 5.74) is 0. The normalized spacial score (nSPS) is 14.6. The van der Waals surface area contributed by atoms with Crippen molar-refractivity contribution in [3.05, 3.63) is 0 Å². The maximum absolute atomic E-state index is 13.0. The van der Waals surface area contributed by atoms with E-state index in [0.717, 1.165) is 115 Å². The number of phosphoric ester groups is 2. The summed E-state index contributed by atoms with van der Waals surface area (Å²) >= 11 is 0. The van der Waals surface area contributed by atoms with Crippen LogP contribution in [0.2, 0.25) is 0 Å². The summed E-state index contributed by atoms with van der Waals surface area (Å²) in [6.07, 6.45) is 41.8. The van der Waals surface area contributed by atoms with Gasteiger partial charge in [-0.3, -0.25) is 37.3 Å². The highest BCUT2D eigenvalue weighted by molar-refractivity contribution is 7.47. The van der Waals surface area contributed by atoms with Gasteiger partial charge in [-0.1, -0.05) is 279 Å². The van der Waals surface area contributed by atoms with E-state index in [2.05, 4.69) is 41.5 Å². The smallest absolute Gasteiger partial charge is 0.462 e. The van der Waals surface area contributed by atoms with Crippen molar-refractivity contribution in [3.8, 4) is 0 Å². The molecule has 0 heterocycles. The average molecular weight is 1260 g/mol. The van der Waals surface area contributed by atoms with Crippen LogP contribution in [0.1, 0.15) is 330 Å². The summed E-state index contributed by atoms with van der Waals surface area (Å²) in [5.74, 6) is -0.564. The predicted octanol–water partition coefficient (Wildman–Crippen LogP) is 18.4. The molecule has 19 heteroatoms. The molecule has 0 aromatic rings. The number of phosphoric acid groups is 2. The Morgan fingerprint density at radius 1 is 0.341 bits per heavy atom. The Balaban J connectivity index is 5.17. The van der Waals surface area contributed by atoms with E-state index in [9.17, 15) is 43.2 Å². The molecule has 0 saturated heterocycles. The van der Waals surface area contributed by atoms with Crippen molar-refractivity contribution in [3.63, 3.8) is 0 Å². The molecule has 0 aliphatic rings. The van der Waals surface area contributed by atoms with Crippen molar-refractivity contribution in [2.24, 2.45) is 11.8 Å². The zero-order valence-electron chi connectivity index (χ0n) is 54.9. The van der Waals surface area contributed by atoms with Crippen LogP contribution in [0.4, 0.5) is 0 Å². The summed E-state index contributed by atoms with van der Waals surface area (Å²) in [5, 5.41) is 10.5. The van der Waals surface area contributed by atoms with E-state index in [0.29, 0.717) is 25.7 Å². The minimum absolute atomic E-state index is 0.105. The molecule has 0 aliphatic carbocycles. The highest BCUT2D eigenvalue weighted by Gasteiger charge is 2.30. The fourth-order valence-electron chi connectivity index (χ4n) is 9.85. The third-order valence-electron chi connectivity index (χ3n) is 15.6. The molecule has 0 amide bonds. The third-order valence-corrected chi connectivity index (χ3v) is 17.5. The highest BCUT2D eigenvalue weighted by atomic mass is 31.2. The standard InChI is InChI=1S/C66H128O17P2/c1-7-10-12-14-16-23-32-38-44-50-65(70)82-61(54-76-63(68)48-42-36-28-15-13-11-8-2)56-80-84(72,73)78-52-60(67)53-79-85(74,75)81-57-62(55-77-64(69)49-43-37-31-27-26-29-34-40-46-58(4)5)83-66(71)51-45-39-33-25-22-20-18-17-19-21-24-30-35-41-47-59(6)9-3/h58-62,67H,7-57H2,1-6H3,(H,72,73)(H,74,75)/t59?,60-,61+,62+/m0/s1. The van der Waals surface area contributed by atoms with Crippen molar-refractivity contribution in [2.45, 2.75) is 349 Å². The number of hydrogen-bond donors (Lipinski definition) is 3. The molecule has 0 bridgehead atoms. The molecular formula is C66H128O17P2. The van der Waals surface area contributed by atoms with E-state index < -0.39 is 97.5 Å². The second-order valence-corrected chi connectivity index (χ2v) is 27.5. The van der Waals surface area contributed by atoms with E-state index in [-0.39, 0.29) is 25.7 Å². The molecule has 504 valence electrons. The molecule has 0 aromatic carbocycles. The second kappa shape index (κ2) is 58.4. The molecule has 0 rings (SSSR count). The van der Waals surface area contributed by atoms with Gasteiger partial charge in [0.25, 0.3) is 0 Å². The Bertz CT molecular complexity index is 1670. The van der Waals surface area contributed by atoms with E-state index in [1.54, 1.807) is 0 Å². The van der Waals surface area contributed by atoms with E-state index in [1.807, 2.05) is 0 Å². The van der Waals surface area contributed by atoms with Gasteiger partial charge in [-0.2, -0.15) is 0 Å². The summed E-state index contributed by atoms with van der Waals surface area (Å²) < 4.78 is 67.9. The van der Waals surface area contributed by atoms with E-state index in [4.69, 9.17) is 37.0 Å². The maximum Gasteiger partial charge on any atom is 0.472 e. The average Bonchev–Trinajstić information content (AvgIpc) is 3.58. The number of unbranched alkanes of at least 4 members (excludes halogenated alkanes) is 34. The van der Waals surface area contributed by atoms with Gasteiger partial charge in [-0.25, -0.2) is 9.13 Å². The quantitative estimate of drug-likeness (QED) is 0.0222. The summed E-state index contributed by atoms with van der Waals surface area (Å²) in [4.78, 5) is 72.1. The predicted molar refractivity (Wildman–Crippen MR) is 340 cm³/mol. The van der Waals surface area contributed by atoms with E-state index in [1.165, 1.54) is 135 Å². The lowest BCUT2D eigenvalue weighted by Gasteiger charge is -2.21. The molecule has 3 unspecified atom stereocenters. The minimum atomic E-state index is -4.95. The largest absolute Gasteiger partial charge is 0.472 e. The van der Waals surface area contributed by atoms with Crippen LogP contribution in [0.3, 0.4) is 0 Å². The first-order valence-electron chi connectivity index (χ1n) is 34.5. The van der Waals surface area contributed by atoms with Gasteiger partial charge in [-0.05, 0) is 37.5 Å². The number of hydrogen-bond acceptors (Lipinski definition) is 15. The Hall–Kier alpha value is -1.94. The molecule has 0 aliphatic heterocycles. The number of carbonyl (C=O) groups is 4. The number of aliphatic hydroxyl groups excluding tert-OH is 1. The molecule has 17 nitrogen and oxygen atoms in total. The number of aliphatic hydroxyl groups is 1. The number of ether oxygens (including phenoxy) is 4. The third kappa shape index (κ3) is 59.5. The zero-order chi connectivity index (χ0) is 62.9. The monoisotopic (exact) mass is 1250 g/mol. The first-order chi connectivity index (χ1) is 40.9. The molecular weight excluding hydrogens is 1130 g/mol. The fourth-order valence-corrected chi connectivity index (χ4v) is 11.4. The van der Waals surface area contributed by atoms with Gasteiger partial charge in [0.15, 0.2) is 12.2 Å². The lowest BCUT2D eigenvalue weighted by Crippen LogP contribution is -2.30. The van der Waals surface area contributed by atoms with Crippen LogP contribution < -0.4 is 0 Å². The van der Waals surface area contributed by atoms with Crippen LogP contribution in [0.5, 0.6) is 0 Å². The summed E-state index contributed by atoms with van der Waals surface area (Å²) in [6, 6.07) is 0. The van der Waals surface area contributed by atoms with Gasteiger partial charge < -0.3 is 33.8 Å². The molecule has 0 saturated carbocycles. The second-order valence-electron chi connectivity index (χ2n) is 24.6. The van der Waals surface area contributed by atoms with Crippen LogP contribution in [0, 0.1) is 11.8 Å². The van der Waals surface area contributed by atoms with Gasteiger partial charge in [0.05, 0.1) is 26.4 Å². The summed E-state index contributed by atoms with van der Waals surface area (Å²) in [7, 11) is -9.88. The molecule has 3 N–H and O–H groups in total. The van der Waals surface area contributed by atoms with E-state index >= 15 is 0 Å². The summed E-state index contributed by atoms with van der Waals surface area (Å²) in [6.45, 7) is 9.48. The Morgan fingerprint density at radius 2 is 0.600 bits per heavy atom. The number of esters is 4. The van der Waals surface area contributed by atoms with Gasteiger partial charge >= 0.3 is 39.5 Å². The Labute approximate surface area is 517 Å². The zero-order valence-corrected chi connectivity index (χ0v) is 56.7. The van der Waals surface area contributed by atoms with Crippen LogP contribution in [0.15, 0.2) is 0 Å². The van der Waals surface area contributed by atoms with Crippen molar-refractivity contribution in [1.82, 2.24) is 0 Å². The molecule has 0 radical (unpaired) electrons. The van der Waals surface area contributed by atoms with Gasteiger partial charge in [0.2, 0.25) is 0 Å². The topological polar surface area (TPSA) is 237 Å². The molecule has 0 fully saturated rings. The van der Waals surface area contributed by atoms with Crippen LogP contribution >= 0.6 is 15.6 Å². The Kier molecular flexibility index (Phi) is 57.1. The van der Waals surface area contributed by atoms with Crippen molar-refractivity contribution in [1.29, 1.82) is 0 Å². The molecule has 0 aromatic heterocycles. The molecule has 0 spiro atoms. The van der Waals surface area contributed by atoms with Crippen LogP contribution in [-0.4, -0.2) is 96.7 Å². The first kappa shape index (κ1) is 83.1.